The summed E-state index contributed by atoms with van der Waals surface area (Å²) in [4.78, 5) is 15.3. The van der Waals surface area contributed by atoms with Crippen LogP contribution in [0.2, 0.25) is 23.2 Å². The van der Waals surface area contributed by atoms with E-state index in [0.29, 0.717) is 18.1 Å². The first-order valence-corrected chi connectivity index (χ1v) is 19.0. The zero-order chi connectivity index (χ0) is 31.2. The number of rotatable bonds is 12. The molecule has 41 heavy (non-hydrogen) atoms. The van der Waals surface area contributed by atoms with Crippen LogP contribution in [0.1, 0.15) is 65.7 Å². The van der Waals surface area contributed by atoms with Gasteiger partial charge in [-0.25, -0.2) is 17.9 Å². The summed E-state index contributed by atoms with van der Waals surface area (Å²) in [6.07, 6.45) is 0.320. The first-order valence-electron chi connectivity index (χ1n) is 13.9. The van der Waals surface area contributed by atoms with E-state index in [1.807, 2.05) is 76.2 Å². The number of benzene rings is 2. The Morgan fingerprint density at radius 2 is 1.66 bits per heavy atom. The molecule has 11 heteroatoms. The van der Waals surface area contributed by atoms with Crippen LogP contribution in [-0.2, 0) is 25.7 Å². The lowest BCUT2D eigenvalue weighted by Crippen LogP contribution is -2.49. The van der Waals surface area contributed by atoms with Crippen molar-refractivity contribution in [2.45, 2.75) is 90.9 Å². The van der Waals surface area contributed by atoms with Gasteiger partial charge in [-0.1, -0.05) is 56.6 Å². The van der Waals surface area contributed by atoms with Gasteiger partial charge >= 0.3 is 6.09 Å². The van der Waals surface area contributed by atoms with Gasteiger partial charge in [0.15, 0.2) is 8.32 Å². The minimum absolute atomic E-state index is 0.0310. The van der Waals surface area contributed by atoms with Crippen molar-refractivity contribution in [2.24, 2.45) is 0 Å². The van der Waals surface area contributed by atoms with Gasteiger partial charge < -0.3 is 19.4 Å². The van der Waals surface area contributed by atoms with Crippen LogP contribution >= 0.6 is 11.6 Å². The molecule has 0 aliphatic heterocycles. The Labute approximate surface area is 253 Å². The van der Waals surface area contributed by atoms with E-state index in [1.165, 1.54) is 0 Å². The monoisotopic (exact) mass is 625 g/mol. The van der Waals surface area contributed by atoms with E-state index in [1.54, 1.807) is 4.90 Å². The van der Waals surface area contributed by atoms with Crippen molar-refractivity contribution in [1.29, 1.82) is 0 Å². The highest BCUT2D eigenvalue weighted by molar-refractivity contribution is 7.88. The maximum Gasteiger partial charge on any atom is 0.410 e. The summed E-state index contributed by atoms with van der Waals surface area (Å²) in [6.45, 7) is 19.5. The van der Waals surface area contributed by atoms with Crippen LogP contribution in [-0.4, -0.2) is 58.7 Å². The van der Waals surface area contributed by atoms with E-state index in [2.05, 4.69) is 43.9 Å². The second-order valence-corrected chi connectivity index (χ2v) is 20.1. The van der Waals surface area contributed by atoms with Crippen LogP contribution < -0.4 is 10.0 Å². The summed E-state index contributed by atoms with van der Waals surface area (Å²) in [5, 5.41) is 3.98. The highest BCUT2D eigenvalue weighted by Gasteiger charge is 2.41. The molecule has 2 aromatic rings. The van der Waals surface area contributed by atoms with Crippen molar-refractivity contribution in [1.82, 2.24) is 9.62 Å². The summed E-state index contributed by atoms with van der Waals surface area (Å²) < 4.78 is 38.0. The lowest BCUT2D eigenvalue weighted by molar-refractivity contribution is 0.00799. The van der Waals surface area contributed by atoms with Crippen LogP contribution in [0, 0.1) is 0 Å². The maximum atomic E-state index is 13.6. The second-order valence-electron chi connectivity index (χ2n) is 13.1. The number of hydrogen-bond acceptors (Lipinski definition) is 6. The van der Waals surface area contributed by atoms with E-state index in [4.69, 9.17) is 20.8 Å². The lowest BCUT2D eigenvalue weighted by Gasteiger charge is -2.41. The fraction of sp³-hybridized carbons (Fsp3) is 0.567. The van der Waals surface area contributed by atoms with Crippen molar-refractivity contribution in [3.05, 3.63) is 64.7 Å². The van der Waals surface area contributed by atoms with Gasteiger partial charge in [0.05, 0.1) is 18.9 Å². The van der Waals surface area contributed by atoms with Gasteiger partial charge in [-0.3, -0.25) is 0 Å². The Morgan fingerprint density at radius 1 is 1.05 bits per heavy atom. The van der Waals surface area contributed by atoms with Crippen molar-refractivity contribution < 1.29 is 22.4 Å². The number of halogens is 1. The molecule has 0 aliphatic carbocycles. The van der Waals surface area contributed by atoms with Gasteiger partial charge in [0.2, 0.25) is 10.0 Å². The third-order valence-corrected chi connectivity index (χ3v) is 12.5. The van der Waals surface area contributed by atoms with Gasteiger partial charge in [-0.15, -0.1) is 0 Å². The van der Waals surface area contributed by atoms with Gasteiger partial charge in [0.25, 0.3) is 0 Å². The van der Waals surface area contributed by atoms with Crippen molar-refractivity contribution in [3.63, 3.8) is 0 Å². The lowest BCUT2D eigenvalue weighted by atomic mass is 10.1. The van der Waals surface area contributed by atoms with Crippen molar-refractivity contribution in [2.75, 3.05) is 24.7 Å². The maximum absolute atomic E-state index is 13.6. The number of anilines is 1. The Bertz CT molecular complexity index is 1260. The number of nitrogens with one attached hydrogen (secondary N) is 2. The first kappa shape index (κ1) is 35.1. The van der Waals surface area contributed by atoms with Crippen LogP contribution in [0.25, 0.3) is 0 Å². The largest absolute Gasteiger partial charge is 0.444 e. The highest BCUT2D eigenvalue weighted by Crippen LogP contribution is 2.40. The summed E-state index contributed by atoms with van der Waals surface area (Å²) in [7, 11) is -5.49. The molecule has 0 fully saturated rings. The highest BCUT2D eigenvalue weighted by atomic mass is 35.5. The molecule has 2 rings (SSSR count). The van der Waals surface area contributed by atoms with Crippen LogP contribution in [0.15, 0.2) is 48.5 Å². The minimum atomic E-state index is -3.27. The molecule has 2 aromatic carbocycles. The van der Waals surface area contributed by atoms with E-state index in [-0.39, 0.29) is 17.6 Å². The van der Waals surface area contributed by atoms with E-state index < -0.39 is 36.1 Å². The van der Waals surface area contributed by atoms with Crippen LogP contribution in [0.5, 0.6) is 0 Å². The molecule has 2 atom stereocenters. The Hall–Kier alpha value is -2.11. The molecule has 0 saturated heterocycles. The molecule has 0 heterocycles. The quantitative estimate of drug-likeness (QED) is 0.242. The molecule has 2 N–H and O–H groups in total. The predicted molar refractivity (Wildman–Crippen MR) is 171 cm³/mol. The van der Waals surface area contributed by atoms with Crippen molar-refractivity contribution >= 4 is 41.7 Å². The fourth-order valence-corrected chi connectivity index (χ4v) is 5.62. The third kappa shape index (κ3) is 12.0. The number of carbonyl (C=O) groups is 1. The standard InChI is InChI=1S/C30H48ClN3O5SSi/c1-22(19-32-26-16-14-23(15-17-26)20-33-40(8,36)37)34(28(35)38-29(2,3)4)21-27(24-12-11-13-25(31)18-24)39-41(9,10)30(5,6)7/h11-18,22,27,32-33H,19-21H2,1-10H3/t22-,27+/m1/s1. The van der Waals surface area contributed by atoms with Gasteiger partial charge in [-0.05, 0) is 81.2 Å². The molecule has 230 valence electrons. The van der Waals surface area contributed by atoms with Crippen LogP contribution in [0.4, 0.5) is 10.5 Å². The number of hydrogen-bond donors (Lipinski definition) is 2. The Kier molecular flexibility index (Phi) is 11.9. The zero-order valence-corrected chi connectivity index (χ0v) is 28.7. The second kappa shape index (κ2) is 13.9. The topological polar surface area (TPSA) is 97.0 Å². The Morgan fingerprint density at radius 3 is 2.17 bits per heavy atom. The zero-order valence-electron chi connectivity index (χ0n) is 26.2. The summed E-state index contributed by atoms with van der Waals surface area (Å²) in [5.74, 6) is 0. The van der Waals surface area contributed by atoms with Crippen LogP contribution in [0.3, 0.4) is 0 Å². The normalized spacial score (nSPS) is 14.3. The molecule has 0 spiro atoms. The average Bonchev–Trinajstić information content (AvgIpc) is 2.82. The molecule has 8 nitrogen and oxygen atoms in total. The summed E-state index contributed by atoms with van der Waals surface area (Å²) in [6, 6.07) is 14.9. The predicted octanol–water partition coefficient (Wildman–Crippen LogP) is 7.19. The number of amides is 1. The molecule has 0 unspecified atom stereocenters. The summed E-state index contributed by atoms with van der Waals surface area (Å²) in [5.41, 5.74) is 1.95. The molecule has 1 amide bonds. The minimum Gasteiger partial charge on any atom is -0.444 e. The number of nitrogens with zero attached hydrogens (tertiary/aromatic N) is 1. The smallest absolute Gasteiger partial charge is 0.410 e. The SMILES string of the molecule is C[C@H](CNc1ccc(CNS(C)(=O)=O)cc1)N(C[C@H](O[Si](C)(C)C(C)(C)C)c1cccc(Cl)c1)C(=O)OC(C)(C)C. The fourth-order valence-electron chi connectivity index (χ4n) is 3.71. The molecular weight excluding hydrogens is 578 g/mol. The first-order chi connectivity index (χ1) is 18.7. The van der Waals surface area contributed by atoms with E-state index in [0.717, 1.165) is 23.1 Å². The molecule has 0 radical (unpaired) electrons. The van der Waals surface area contributed by atoms with Gasteiger partial charge in [0.1, 0.15) is 5.60 Å². The number of ether oxygens (including phenoxy) is 1. The summed E-state index contributed by atoms with van der Waals surface area (Å²) >= 11 is 6.38. The molecule has 0 aliphatic rings. The Balaban J connectivity index is 2.30. The molecule has 0 aromatic heterocycles. The number of carbonyl (C=O) groups excluding carboxylic acids is 1. The van der Waals surface area contributed by atoms with Gasteiger partial charge in [-0.2, -0.15) is 0 Å². The van der Waals surface area contributed by atoms with Crippen molar-refractivity contribution in [3.8, 4) is 0 Å². The van der Waals surface area contributed by atoms with Gasteiger partial charge in [0, 0.05) is 29.8 Å². The average molecular weight is 626 g/mol. The van der Waals surface area contributed by atoms with E-state index >= 15 is 0 Å². The molecule has 0 saturated carbocycles. The molecular formula is C30H48ClN3O5SSi. The van der Waals surface area contributed by atoms with E-state index in [9.17, 15) is 13.2 Å². The number of sulfonamides is 1. The third-order valence-electron chi connectivity index (χ3n) is 7.08. The molecule has 0 bridgehead atoms.